The number of pyridine rings is 1. The van der Waals surface area contributed by atoms with Crippen LogP contribution < -0.4 is 14.5 Å². The highest BCUT2D eigenvalue weighted by Crippen LogP contribution is 2.39. The molecule has 2 aromatic carbocycles. The monoisotopic (exact) mass is 710 g/mol. The number of hydrogen-bond acceptors (Lipinski definition) is 8. The number of carbonyl (C=O) groups is 1. The molecule has 0 bridgehead atoms. The van der Waals surface area contributed by atoms with Gasteiger partial charge >= 0.3 is 12.6 Å². The Morgan fingerprint density at radius 2 is 1.80 bits per heavy atom. The number of H-pyrrole nitrogens is 1. The number of aromatic amines is 1. The molecule has 2 atom stereocenters. The van der Waals surface area contributed by atoms with Gasteiger partial charge in [0.05, 0.1) is 11.5 Å². The van der Waals surface area contributed by atoms with Crippen molar-refractivity contribution in [3.63, 3.8) is 0 Å². The normalized spacial score (nSPS) is 17.6. The predicted octanol–water partition coefficient (Wildman–Crippen LogP) is 6.27. The van der Waals surface area contributed by atoms with E-state index in [1.165, 1.54) is 48.8 Å². The molecule has 0 amide bonds. The Morgan fingerprint density at radius 1 is 1.07 bits per heavy atom. The van der Waals surface area contributed by atoms with Crippen LogP contribution in [0.15, 0.2) is 59.8 Å². The standard InChI is InChI=1S/C28H25Cl3F2N2O6S2.H2O/c29-18-2-1-3-19(11-18)43(37,38)35-8-9-42-26(35)27(36)40-24(12-20-21(30)13-34-14-22(20)31)17-6-7-23(41-28(32)33)25(10-17)39-15-16-4-5-16;/h1-3,6-7,10-11,13-14,16,24,26,28H,4-5,8-9,12,15H2;1H2/t24-,26?;/m0./s1. The summed E-state index contributed by atoms with van der Waals surface area (Å²) in [5.74, 6) is -0.248. The summed E-state index contributed by atoms with van der Waals surface area (Å²) < 4.78 is 70.7. The van der Waals surface area contributed by atoms with Crippen LogP contribution in [0.5, 0.6) is 11.5 Å². The lowest BCUT2D eigenvalue weighted by atomic mass is 10.0. The second-order valence-corrected chi connectivity index (χ2v) is 14.2. The van der Waals surface area contributed by atoms with Gasteiger partial charge in [0.1, 0.15) is 16.1 Å². The van der Waals surface area contributed by atoms with E-state index < -0.39 is 34.1 Å². The number of nitrogens with zero attached hydrogens (tertiary/aromatic N) is 1. The third-order valence-electron chi connectivity index (χ3n) is 6.82. The van der Waals surface area contributed by atoms with Gasteiger partial charge in [-0.05, 0) is 54.7 Å². The molecule has 1 saturated heterocycles. The lowest BCUT2D eigenvalue weighted by Crippen LogP contribution is -2.40. The predicted molar refractivity (Wildman–Crippen MR) is 160 cm³/mol. The lowest BCUT2D eigenvalue weighted by molar-refractivity contribution is -0.377. The molecule has 16 heteroatoms. The van der Waals surface area contributed by atoms with Gasteiger partial charge in [0.2, 0.25) is 10.0 Å². The summed E-state index contributed by atoms with van der Waals surface area (Å²) in [4.78, 5) is 16.4. The molecule has 0 radical (unpaired) electrons. The smallest absolute Gasteiger partial charge is 0.387 e. The van der Waals surface area contributed by atoms with Crippen LogP contribution in [-0.2, 0) is 26.0 Å². The number of halogens is 5. The SMILES string of the molecule is O=C(O[C@@H](Cc1c(Cl)c[nH+]cc1Cl)c1ccc(OC(F)F)c(OCC2CC2)c1)C1SCCN1S(=O)(=O)c1cccc(Cl)c1.[OH-]. The first kappa shape index (κ1) is 34.5. The van der Waals surface area contributed by atoms with E-state index in [1.54, 1.807) is 6.07 Å². The fourth-order valence-corrected chi connectivity index (χ4v) is 8.34. The first-order chi connectivity index (χ1) is 20.5. The zero-order valence-electron chi connectivity index (χ0n) is 22.8. The maximum atomic E-state index is 13.7. The number of esters is 1. The molecular formula is C28H27Cl3F2N2O7S2. The van der Waals surface area contributed by atoms with Crippen LogP contribution in [0.2, 0.25) is 15.1 Å². The molecule has 1 saturated carbocycles. The minimum Gasteiger partial charge on any atom is -0.870 e. The maximum Gasteiger partial charge on any atom is 0.387 e. The molecule has 44 heavy (non-hydrogen) atoms. The van der Waals surface area contributed by atoms with Gasteiger partial charge in [-0.3, -0.25) is 0 Å². The Kier molecular flexibility index (Phi) is 11.6. The van der Waals surface area contributed by atoms with Crippen LogP contribution in [0, 0.1) is 5.92 Å². The molecule has 2 aliphatic rings. The van der Waals surface area contributed by atoms with Gasteiger partial charge in [-0.1, -0.05) is 46.9 Å². The Labute approximate surface area is 272 Å². The average Bonchev–Trinajstić information content (AvgIpc) is 3.65. The number of alkyl halides is 2. The summed E-state index contributed by atoms with van der Waals surface area (Å²) in [6.07, 6.45) is 3.91. The van der Waals surface area contributed by atoms with Crippen molar-refractivity contribution in [1.82, 2.24) is 4.31 Å². The second kappa shape index (κ2) is 14.8. The van der Waals surface area contributed by atoms with E-state index in [9.17, 15) is 22.0 Å². The number of hydrogen-bond donors (Lipinski definition) is 0. The first-order valence-corrected chi connectivity index (χ1v) is 16.8. The fourth-order valence-electron chi connectivity index (χ4n) is 4.46. The van der Waals surface area contributed by atoms with Gasteiger partial charge in [-0.2, -0.15) is 13.1 Å². The average molecular weight is 712 g/mol. The summed E-state index contributed by atoms with van der Waals surface area (Å²) in [6, 6.07) is 10.0. The topological polar surface area (TPSA) is 126 Å². The molecule has 9 nitrogen and oxygen atoms in total. The molecule has 1 unspecified atom stereocenters. The second-order valence-electron chi connectivity index (χ2n) is 9.89. The molecule has 2 heterocycles. The Hall–Kier alpha value is -2.39. The number of aromatic nitrogens is 1. The van der Waals surface area contributed by atoms with Crippen molar-refractivity contribution in [2.45, 2.75) is 42.2 Å². The molecule has 2 fully saturated rings. The van der Waals surface area contributed by atoms with Gasteiger partial charge < -0.3 is 19.7 Å². The van der Waals surface area contributed by atoms with Crippen LogP contribution in [0.3, 0.4) is 0 Å². The van der Waals surface area contributed by atoms with Gasteiger partial charge in [-0.15, -0.1) is 11.8 Å². The summed E-state index contributed by atoms with van der Waals surface area (Å²) in [5.41, 5.74) is 0.837. The van der Waals surface area contributed by atoms with Crippen molar-refractivity contribution in [2.24, 2.45) is 5.92 Å². The molecular weight excluding hydrogens is 685 g/mol. The summed E-state index contributed by atoms with van der Waals surface area (Å²) in [7, 11) is -4.09. The zero-order valence-corrected chi connectivity index (χ0v) is 26.7. The summed E-state index contributed by atoms with van der Waals surface area (Å²) in [5, 5.41) is -0.401. The Morgan fingerprint density at radius 3 is 2.45 bits per heavy atom. The number of carbonyl (C=O) groups excluding carboxylic acids is 1. The zero-order chi connectivity index (χ0) is 30.7. The van der Waals surface area contributed by atoms with Gasteiger partial charge in [0.15, 0.2) is 29.3 Å². The fraction of sp³-hybridized carbons (Fsp3) is 0.357. The van der Waals surface area contributed by atoms with Gasteiger partial charge in [0, 0.05) is 29.3 Å². The van der Waals surface area contributed by atoms with E-state index in [-0.39, 0.29) is 49.9 Å². The molecule has 1 aromatic heterocycles. The van der Waals surface area contributed by atoms with Crippen molar-refractivity contribution in [3.8, 4) is 11.5 Å². The molecule has 1 aliphatic heterocycles. The quantitative estimate of drug-likeness (QED) is 0.202. The van der Waals surface area contributed by atoms with E-state index in [0.717, 1.165) is 28.9 Å². The number of thioether (sulfide) groups is 1. The highest BCUT2D eigenvalue weighted by atomic mass is 35.5. The van der Waals surface area contributed by atoms with Crippen LogP contribution in [0.4, 0.5) is 8.78 Å². The third-order valence-corrected chi connectivity index (χ3v) is 10.9. The van der Waals surface area contributed by atoms with E-state index in [4.69, 9.17) is 44.3 Å². The minimum absolute atomic E-state index is 0. The minimum atomic E-state index is -4.09. The van der Waals surface area contributed by atoms with Gasteiger partial charge in [0.25, 0.3) is 0 Å². The van der Waals surface area contributed by atoms with Gasteiger partial charge in [-0.25, -0.2) is 18.2 Å². The highest BCUT2D eigenvalue weighted by molar-refractivity contribution is 8.02. The van der Waals surface area contributed by atoms with E-state index in [0.29, 0.717) is 29.4 Å². The van der Waals surface area contributed by atoms with Crippen molar-refractivity contribution in [2.75, 3.05) is 18.9 Å². The van der Waals surface area contributed by atoms with Crippen molar-refractivity contribution < 1.29 is 46.7 Å². The van der Waals surface area contributed by atoms with Crippen LogP contribution >= 0.6 is 46.6 Å². The molecule has 1 aliphatic carbocycles. The van der Waals surface area contributed by atoms with Crippen LogP contribution in [-0.4, -0.2) is 55.1 Å². The van der Waals surface area contributed by atoms with Crippen molar-refractivity contribution in [1.29, 1.82) is 0 Å². The summed E-state index contributed by atoms with van der Waals surface area (Å²) >= 11 is 20.0. The summed E-state index contributed by atoms with van der Waals surface area (Å²) in [6.45, 7) is -2.68. The number of benzene rings is 2. The number of sulfonamides is 1. The number of nitrogens with one attached hydrogen (secondary N) is 1. The maximum absolute atomic E-state index is 13.7. The van der Waals surface area contributed by atoms with Crippen molar-refractivity contribution >= 4 is 62.6 Å². The Balaban J connectivity index is 0.00000442. The lowest BCUT2D eigenvalue weighted by Gasteiger charge is -2.26. The van der Waals surface area contributed by atoms with Crippen LogP contribution in [0.25, 0.3) is 0 Å². The van der Waals surface area contributed by atoms with Crippen molar-refractivity contribution in [3.05, 3.63) is 81.1 Å². The molecule has 3 aromatic rings. The van der Waals surface area contributed by atoms with E-state index in [1.807, 2.05) is 0 Å². The number of rotatable bonds is 12. The Bertz CT molecular complexity index is 1580. The highest BCUT2D eigenvalue weighted by Gasteiger charge is 2.42. The molecule has 238 valence electrons. The van der Waals surface area contributed by atoms with E-state index >= 15 is 0 Å². The largest absolute Gasteiger partial charge is 0.870 e. The van der Waals surface area contributed by atoms with E-state index in [2.05, 4.69) is 9.72 Å². The molecule has 2 N–H and O–H groups in total. The molecule has 0 spiro atoms. The third kappa shape index (κ3) is 8.25. The number of ether oxygens (including phenoxy) is 3. The first-order valence-electron chi connectivity index (χ1n) is 13.2. The molecule has 5 rings (SSSR count). The van der Waals surface area contributed by atoms with Crippen LogP contribution in [0.1, 0.15) is 30.1 Å².